The zero-order chi connectivity index (χ0) is 25.6. The van der Waals surface area contributed by atoms with Gasteiger partial charge in [-0.05, 0) is 41.1 Å². The first-order valence-corrected chi connectivity index (χ1v) is 13.4. The minimum absolute atomic E-state index is 0.0492. The van der Waals surface area contributed by atoms with Crippen molar-refractivity contribution in [2.45, 2.75) is 19.0 Å². The number of hydrogen-bond donors (Lipinski definition) is 1. The van der Waals surface area contributed by atoms with Crippen molar-refractivity contribution in [3.8, 4) is 17.6 Å². The zero-order valence-corrected chi connectivity index (χ0v) is 21.3. The molecule has 0 spiro atoms. The van der Waals surface area contributed by atoms with Gasteiger partial charge in [0.1, 0.15) is 16.5 Å². The number of thiophene rings is 1. The number of carbonyl (C=O) groups excluding carboxylic acids is 2. The number of hydrogen-bond acceptors (Lipinski definition) is 11. The maximum absolute atomic E-state index is 12.6. The van der Waals surface area contributed by atoms with Gasteiger partial charge in [0.15, 0.2) is 11.5 Å². The lowest BCUT2D eigenvalue weighted by molar-refractivity contribution is -0.112. The lowest BCUT2D eigenvalue weighted by Crippen LogP contribution is -2.15. The molecular formula is C22H20N4O6S3. The summed E-state index contributed by atoms with van der Waals surface area (Å²) in [5.74, 6) is -1.16. The monoisotopic (exact) mass is 532 g/mol. The fourth-order valence-electron chi connectivity index (χ4n) is 2.78. The molecule has 1 N–H and O–H groups in total. The molecule has 13 heteroatoms. The van der Waals surface area contributed by atoms with Crippen molar-refractivity contribution >= 4 is 55.8 Å². The van der Waals surface area contributed by atoms with Crippen molar-refractivity contribution in [1.82, 2.24) is 9.36 Å². The average Bonchev–Trinajstić information content (AvgIpc) is 3.50. The quantitative estimate of drug-likeness (QED) is 0.188. The Balaban J connectivity index is 1.76. The smallest absolute Gasteiger partial charge is 0.353 e. The van der Waals surface area contributed by atoms with Crippen LogP contribution in [-0.4, -0.2) is 42.5 Å². The molecule has 0 bridgehead atoms. The lowest BCUT2D eigenvalue weighted by Gasteiger charge is -2.09. The third kappa shape index (κ3) is 6.72. The SMILES string of the molecule is COc1cc(/C=C(/C#N)C(=O)Nc2nc(S(=O)(=O)CC(C)C)ns2)ccc1OC(=O)c1cccs1. The standard InChI is InChI=1S/C22H20N4O6S3/c1-13(2)12-35(29,30)22-25-21(34-26-22)24-19(27)15(11-23)9-14-6-7-16(17(10-14)31-3)32-20(28)18-5-4-8-33-18/h4-10,13H,12H2,1-3H3,(H,24,25,26,27)/b15-9-. The highest BCUT2D eigenvalue weighted by Crippen LogP contribution is 2.30. The summed E-state index contributed by atoms with van der Waals surface area (Å²) in [7, 11) is -2.28. The Kier molecular flexibility index (Phi) is 8.34. The van der Waals surface area contributed by atoms with Crippen LogP contribution in [0.3, 0.4) is 0 Å². The first kappa shape index (κ1) is 26.0. The number of nitrogens with zero attached hydrogens (tertiary/aromatic N) is 3. The fraction of sp³-hybridized carbons (Fsp3) is 0.227. The van der Waals surface area contributed by atoms with Crippen LogP contribution in [0.25, 0.3) is 6.08 Å². The third-order valence-corrected chi connectivity index (χ3v) is 7.69. The second-order valence-electron chi connectivity index (χ2n) is 7.46. The molecule has 10 nitrogen and oxygen atoms in total. The molecule has 2 heterocycles. The predicted octanol–water partition coefficient (Wildman–Crippen LogP) is 3.80. The summed E-state index contributed by atoms with van der Waals surface area (Å²) in [6.45, 7) is 3.51. The number of esters is 1. The Bertz CT molecular complexity index is 1400. The summed E-state index contributed by atoms with van der Waals surface area (Å²) in [6.07, 6.45) is 1.31. The normalized spacial score (nSPS) is 11.7. The molecule has 0 aliphatic rings. The van der Waals surface area contributed by atoms with E-state index >= 15 is 0 Å². The molecule has 0 atom stereocenters. The van der Waals surface area contributed by atoms with Crippen LogP contribution in [0.4, 0.5) is 5.13 Å². The highest BCUT2D eigenvalue weighted by molar-refractivity contribution is 7.91. The molecule has 0 saturated carbocycles. The molecule has 182 valence electrons. The van der Waals surface area contributed by atoms with Crippen LogP contribution < -0.4 is 14.8 Å². The molecule has 0 radical (unpaired) electrons. The van der Waals surface area contributed by atoms with Crippen molar-refractivity contribution in [1.29, 1.82) is 5.26 Å². The van der Waals surface area contributed by atoms with E-state index in [1.165, 1.54) is 36.7 Å². The number of aromatic nitrogens is 2. The van der Waals surface area contributed by atoms with Gasteiger partial charge in [-0.2, -0.15) is 14.6 Å². The Labute approximate surface area is 209 Å². The van der Waals surface area contributed by atoms with Crippen molar-refractivity contribution in [3.63, 3.8) is 0 Å². The average molecular weight is 533 g/mol. The van der Waals surface area contributed by atoms with Gasteiger partial charge in [0.05, 0.1) is 12.9 Å². The van der Waals surface area contributed by atoms with E-state index in [4.69, 9.17) is 9.47 Å². The van der Waals surface area contributed by atoms with E-state index in [2.05, 4.69) is 14.7 Å². The molecule has 0 aliphatic heterocycles. The molecule has 2 aromatic heterocycles. The fourth-order valence-corrected chi connectivity index (χ4v) is 5.73. The molecule has 0 saturated heterocycles. The highest BCUT2D eigenvalue weighted by Gasteiger charge is 2.23. The molecular weight excluding hydrogens is 512 g/mol. The first-order valence-electron chi connectivity index (χ1n) is 10.1. The number of methoxy groups -OCH3 is 1. The molecule has 0 unspecified atom stereocenters. The Morgan fingerprint density at radius 2 is 2.03 bits per heavy atom. The van der Waals surface area contributed by atoms with Crippen LogP contribution in [0.15, 0.2) is 46.4 Å². The number of rotatable bonds is 9. The number of carbonyl (C=O) groups is 2. The van der Waals surface area contributed by atoms with Gasteiger partial charge in [-0.25, -0.2) is 13.2 Å². The summed E-state index contributed by atoms with van der Waals surface area (Å²) in [5, 5.41) is 13.2. The van der Waals surface area contributed by atoms with Gasteiger partial charge in [0.25, 0.3) is 11.1 Å². The number of anilines is 1. The number of ether oxygens (including phenoxy) is 2. The van der Waals surface area contributed by atoms with Crippen LogP contribution in [0.5, 0.6) is 11.5 Å². The largest absolute Gasteiger partial charge is 0.493 e. The van der Waals surface area contributed by atoms with Gasteiger partial charge in [-0.15, -0.1) is 11.3 Å². The van der Waals surface area contributed by atoms with Crippen molar-refractivity contribution in [2.75, 3.05) is 18.2 Å². The Morgan fingerprint density at radius 3 is 2.66 bits per heavy atom. The molecule has 1 amide bonds. The second kappa shape index (κ2) is 11.2. The molecule has 1 aromatic carbocycles. The predicted molar refractivity (Wildman–Crippen MR) is 131 cm³/mol. The van der Waals surface area contributed by atoms with Crippen molar-refractivity contribution in [2.24, 2.45) is 5.92 Å². The highest BCUT2D eigenvalue weighted by atomic mass is 32.2. The molecule has 3 rings (SSSR count). The van der Waals surface area contributed by atoms with Crippen LogP contribution in [0.1, 0.15) is 29.1 Å². The summed E-state index contributed by atoms with van der Waals surface area (Å²) in [6, 6.07) is 9.70. The zero-order valence-electron chi connectivity index (χ0n) is 18.8. The van der Waals surface area contributed by atoms with Crippen LogP contribution in [0.2, 0.25) is 0 Å². The lowest BCUT2D eigenvalue weighted by atomic mass is 10.1. The molecule has 0 fully saturated rings. The number of nitrogens with one attached hydrogen (secondary N) is 1. The molecule has 35 heavy (non-hydrogen) atoms. The summed E-state index contributed by atoms with van der Waals surface area (Å²) in [4.78, 5) is 29.1. The van der Waals surface area contributed by atoms with E-state index in [1.54, 1.807) is 43.5 Å². The van der Waals surface area contributed by atoms with Crippen LogP contribution in [-0.2, 0) is 14.6 Å². The summed E-state index contributed by atoms with van der Waals surface area (Å²) >= 11 is 1.94. The number of amides is 1. The first-order chi connectivity index (χ1) is 16.6. The summed E-state index contributed by atoms with van der Waals surface area (Å²) < 4.78 is 39.0. The minimum atomic E-state index is -3.68. The number of nitriles is 1. The van der Waals surface area contributed by atoms with E-state index in [-0.39, 0.29) is 39.0 Å². The van der Waals surface area contributed by atoms with Gasteiger partial charge >= 0.3 is 5.97 Å². The van der Waals surface area contributed by atoms with Gasteiger partial charge in [-0.3, -0.25) is 10.1 Å². The second-order valence-corrected chi connectivity index (χ2v) is 11.1. The number of sulfone groups is 1. The number of benzene rings is 1. The van der Waals surface area contributed by atoms with Gasteiger partial charge in [-0.1, -0.05) is 26.0 Å². The maximum Gasteiger partial charge on any atom is 0.353 e. The van der Waals surface area contributed by atoms with Crippen molar-refractivity contribution in [3.05, 3.63) is 51.7 Å². The summed E-state index contributed by atoms with van der Waals surface area (Å²) in [5.41, 5.74) is 0.166. The Hall–Kier alpha value is -3.60. The van der Waals surface area contributed by atoms with E-state index in [1.807, 2.05) is 0 Å². The maximum atomic E-state index is 12.6. The van der Waals surface area contributed by atoms with Gasteiger partial charge in [0.2, 0.25) is 15.0 Å². The van der Waals surface area contributed by atoms with Crippen LogP contribution >= 0.6 is 22.9 Å². The van der Waals surface area contributed by atoms with Gasteiger partial charge < -0.3 is 9.47 Å². The van der Waals surface area contributed by atoms with E-state index in [0.717, 1.165) is 0 Å². The van der Waals surface area contributed by atoms with Crippen LogP contribution in [0, 0.1) is 17.2 Å². The topological polar surface area (TPSA) is 148 Å². The van der Waals surface area contributed by atoms with Gasteiger partial charge in [0, 0.05) is 11.5 Å². The molecule has 3 aromatic rings. The van der Waals surface area contributed by atoms with Crippen molar-refractivity contribution < 1.29 is 27.5 Å². The van der Waals surface area contributed by atoms with E-state index < -0.39 is 21.7 Å². The minimum Gasteiger partial charge on any atom is -0.493 e. The molecule has 0 aliphatic carbocycles. The third-order valence-electron chi connectivity index (χ3n) is 4.25. The Morgan fingerprint density at radius 1 is 1.26 bits per heavy atom. The van der Waals surface area contributed by atoms with E-state index in [9.17, 15) is 23.3 Å². The van der Waals surface area contributed by atoms with E-state index in [0.29, 0.717) is 22.0 Å².